The summed E-state index contributed by atoms with van der Waals surface area (Å²) in [5.41, 5.74) is 6.42. The van der Waals surface area contributed by atoms with Gasteiger partial charge < -0.3 is 5.73 Å². The van der Waals surface area contributed by atoms with Crippen LogP contribution in [-0.2, 0) is 18.6 Å². The summed E-state index contributed by atoms with van der Waals surface area (Å²) >= 11 is 0. The smallest absolute Gasteiger partial charge is 0.122 e. The average molecular weight is 316 g/mol. The molecule has 0 amide bonds. The molecular weight excluding hydrogens is 298 g/mol. The van der Waals surface area contributed by atoms with Gasteiger partial charge in [0.1, 0.15) is 5.84 Å². The van der Waals surface area contributed by atoms with Crippen LogP contribution in [0.2, 0.25) is 19.6 Å². The van der Waals surface area contributed by atoms with E-state index >= 15 is 0 Å². The summed E-state index contributed by atoms with van der Waals surface area (Å²) in [4.78, 5) is 0. The molecule has 0 aliphatic carbocycles. The molecule has 0 atom stereocenters. The van der Waals surface area contributed by atoms with Crippen molar-refractivity contribution in [2.45, 2.75) is 19.6 Å². The minimum atomic E-state index is -1.36. The zero-order valence-electron chi connectivity index (χ0n) is 9.65. The molecule has 0 heterocycles. The number of amidine groups is 1. The Morgan fingerprint density at radius 3 is 1.88 bits per heavy atom. The number of rotatable bonds is 2. The summed E-state index contributed by atoms with van der Waals surface area (Å²) in [6, 6.07) is 7.96. The summed E-state index contributed by atoms with van der Waals surface area (Å²) < 4.78 is 0. The number of nitrogen functional groups attached to an aromatic ring is 1. The third-order valence-electron chi connectivity index (χ3n) is 2.03. The van der Waals surface area contributed by atoms with Crippen LogP contribution < -0.4 is 10.9 Å². The van der Waals surface area contributed by atoms with Gasteiger partial charge >= 0.3 is 0 Å². The van der Waals surface area contributed by atoms with Gasteiger partial charge in [0.15, 0.2) is 0 Å². The minimum Gasteiger partial charge on any atom is -0.384 e. The summed E-state index contributed by atoms with van der Waals surface area (Å²) in [6.45, 7) is 6.78. The number of nitrogens with one attached hydrogen (secondary N) is 1. The molecule has 0 saturated carbocycles. The minimum absolute atomic E-state index is 0. The van der Waals surface area contributed by atoms with E-state index in [4.69, 9.17) is 11.1 Å². The molecule has 3 N–H and O–H groups in total. The predicted octanol–water partition coefficient (Wildman–Crippen LogP) is 2.36. The zero-order chi connectivity index (χ0) is 10.1. The molecule has 0 aliphatic rings. The summed E-state index contributed by atoms with van der Waals surface area (Å²) in [7, 11) is -1.36. The van der Waals surface area contributed by atoms with E-state index in [1.807, 2.05) is 18.2 Å². The Kier molecular flexibility index (Phi) is 11.0. The van der Waals surface area contributed by atoms with E-state index in [1.165, 1.54) is 5.19 Å². The molecule has 0 saturated heterocycles. The number of halogens is 2. The molecule has 0 unspecified atom stereocenters. The van der Waals surface area contributed by atoms with Gasteiger partial charge in [0.05, 0.1) is 8.07 Å². The van der Waals surface area contributed by atoms with E-state index in [0.29, 0.717) is 0 Å². The normalized spacial score (nSPS) is 9.19. The monoisotopic (exact) mass is 315 g/mol. The predicted molar refractivity (Wildman–Crippen MR) is 74.9 cm³/mol. The third-order valence-corrected chi connectivity index (χ3v) is 4.08. The van der Waals surface area contributed by atoms with Crippen LogP contribution in [0.1, 0.15) is 5.56 Å². The maximum Gasteiger partial charge on any atom is 0.122 e. The van der Waals surface area contributed by atoms with Crippen LogP contribution in [0.4, 0.5) is 0 Å². The second-order valence-electron chi connectivity index (χ2n) is 4.21. The fourth-order valence-electron chi connectivity index (χ4n) is 1.37. The van der Waals surface area contributed by atoms with Gasteiger partial charge in [0, 0.05) is 24.1 Å². The van der Waals surface area contributed by atoms with Crippen LogP contribution in [0, 0.1) is 5.41 Å². The van der Waals surface area contributed by atoms with Gasteiger partial charge in [-0.25, -0.2) is 0 Å². The molecule has 0 spiro atoms. The van der Waals surface area contributed by atoms with E-state index in [0.717, 1.165) is 5.56 Å². The van der Waals surface area contributed by atoms with Crippen LogP contribution in [0.3, 0.4) is 0 Å². The van der Waals surface area contributed by atoms with Gasteiger partial charge in [-0.2, -0.15) is 0 Å². The number of hydrogen-bond acceptors (Lipinski definition) is 1. The van der Waals surface area contributed by atoms with Gasteiger partial charge in [-0.05, 0) is 5.19 Å². The Hall–Kier alpha value is 0.0713. The maximum absolute atomic E-state index is 7.46. The van der Waals surface area contributed by atoms with Crippen molar-refractivity contribution in [3.8, 4) is 0 Å². The van der Waals surface area contributed by atoms with Crippen LogP contribution >= 0.6 is 24.8 Å². The van der Waals surface area contributed by atoms with Gasteiger partial charge in [-0.1, -0.05) is 43.9 Å². The van der Waals surface area contributed by atoms with Crippen LogP contribution in [-0.4, -0.2) is 13.9 Å². The summed E-state index contributed by atoms with van der Waals surface area (Å²) in [5.74, 6) is 0.179. The molecule has 1 rings (SSSR count). The Bertz CT molecular complexity index is 340. The largest absolute Gasteiger partial charge is 0.384 e. The standard InChI is InChI=1S/C10H16N2Si.2ClH.V/c1-13(2,3)9-7-5-4-6-8(9)10(11)12;;;/h4-7H,1-3H3,(H3,11,12);2*1H;. The molecule has 0 aliphatic heterocycles. The van der Waals surface area contributed by atoms with Crippen molar-refractivity contribution in [3.05, 3.63) is 29.8 Å². The summed E-state index contributed by atoms with van der Waals surface area (Å²) in [6.07, 6.45) is 0. The van der Waals surface area contributed by atoms with Crippen LogP contribution in [0.25, 0.3) is 0 Å². The number of benzene rings is 1. The van der Waals surface area contributed by atoms with E-state index in [9.17, 15) is 0 Å². The Balaban J connectivity index is -0.000000563. The molecular formula is C10H18Cl2N2SiV. The van der Waals surface area contributed by atoms with E-state index in [-0.39, 0.29) is 49.2 Å². The fourth-order valence-corrected chi connectivity index (χ4v) is 2.99. The van der Waals surface area contributed by atoms with Crippen molar-refractivity contribution in [3.63, 3.8) is 0 Å². The second kappa shape index (κ2) is 8.20. The third kappa shape index (κ3) is 5.41. The molecule has 6 heteroatoms. The van der Waals surface area contributed by atoms with Crippen molar-refractivity contribution in [1.29, 1.82) is 5.41 Å². The van der Waals surface area contributed by atoms with Crippen molar-refractivity contribution in [2.24, 2.45) is 5.73 Å². The first kappa shape index (κ1) is 21.4. The van der Waals surface area contributed by atoms with Gasteiger partial charge in [-0.3, -0.25) is 5.41 Å². The first-order valence-electron chi connectivity index (χ1n) is 4.37. The average Bonchev–Trinajstić information content (AvgIpc) is 2.03. The number of hydrogen-bond donors (Lipinski definition) is 2. The molecule has 1 aromatic carbocycles. The van der Waals surface area contributed by atoms with Crippen LogP contribution in [0.15, 0.2) is 24.3 Å². The Labute approximate surface area is 123 Å². The van der Waals surface area contributed by atoms with Gasteiger partial charge in [-0.15, -0.1) is 24.8 Å². The van der Waals surface area contributed by atoms with Crippen molar-refractivity contribution < 1.29 is 18.6 Å². The van der Waals surface area contributed by atoms with Crippen molar-refractivity contribution >= 4 is 43.9 Å². The quantitative estimate of drug-likeness (QED) is 0.491. The number of nitrogens with two attached hydrogens (primary N) is 1. The van der Waals surface area contributed by atoms with Gasteiger partial charge in [0.2, 0.25) is 0 Å². The molecule has 2 nitrogen and oxygen atoms in total. The van der Waals surface area contributed by atoms with Crippen LogP contribution in [0.5, 0.6) is 0 Å². The molecule has 0 aromatic heterocycles. The second-order valence-corrected chi connectivity index (χ2v) is 9.25. The molecule has 1 radical (unpaired) electrons. The Morgan fingerprint density at radius 1 is 1.12 bits per heavy atom. The SMILES string of the molecule is C[Si](C)(C)c1ccccc1C(=N)N.Cl.Cl.[V]. The zero-order valence-corrected chi connectivity index (χ0v) is 13.7. The Morgan fingerprint density at radius 2 is 1.56 bits per heavy atom. The molecule has 16 heavy (non-hydrogen) atoms. The van der Waals surface area contributed by atoms with Gasteiger partial charge in [0.25, 0.3) is 0 Å². The first-order valence-corrected chi connectivity index (χ1v) is 7.87. The molecule has 1 aromatic rings. The molecule has 0 fully saturated rings. The molecule has 91 valence electrons. The van der Waals surface area contributed by atoms with Crippen molar-refractivity contribution in [2.75, 3.05) is 0 Å². The fraction of sp³-hybridized carbons (Fsp3) is 0.300. The summed E-state index contributed by atoms with van der Waals surface area (Å²) in [5, 5.41) is 8.72. The van der Waals surface area contributed by atoms with E-state index in [2.05, 4.69) is 25.7 Å². The maximum atomic E-state index is 7.46. The topological polar surface area (TPSA) is 49.9 Å². The molecule has 0 bridgehead atoms. The first-order chi connectivity index (χ1) is 5.93. The van der Waals surface area contributed by atoms with E-state index < -0.39 is 8.07 Å². The van der Waals surface area contributed by atoms with Crippen molar-refractivity contribution in [1.82, 2.24) is 0 Å². The van der Waals surface area contributed by atoms with E-state index in [1.54, 1.807) is 0 Å².